The van der Waals surface area contributed by atoms with Crippen LogP contribution >= 0.6 is 0 Å². The third kappa shape index (κ3) is 4.68. The SMILES string of the molecule is Cc1nnc(C(C)C)n1C1C[C@H]2CC[C@@H](C1)N2.Cc1nnc(C(C)C)n1C1C[C@H]2CC[C@@H](C1)N2. The van der Waals surface area contributed by atoms with Gasteiger partial charge in [0, 0.05) is 48.1 Å². The van der Waals surface area contributed by atoms with Crippen LogP contribution in [0.3, 0.4) is 0 Å². The molecule has 8 heteroatoms. The van der Waals surface area contributed by atoms with E-state index < -0.39 is 0 Å². The number of hydrogen-bond acceptors (Lipinski definition) is 6. The van der Waals surface area contributed by atoms with Gasteiger partial charge in [-0.05, 0) is 65.2 Å². The Morgan fingerprint density at radius 3 is 1.21 bits per heavy atom. The van der Waals surface area contributed by atoms with Gasteiger partial charge in [-0.2, -0.15) is 0 Å². The Bertz CT molecular complexity index is 873. The number of rotatable bonds is 4. The smallest absolute Gasteiger partial charge is 0.135 e. The van der Waals surface area contributed by atoms with Crippen LogP contribution in [0.4, 0.5) is 0 Å². The minimum atomic E-state index is 0.462. The maximum Gasteiger partial charge on any atom is 0.135 e. The number of nitrogens with zero attached hydrogens (tertiary/aromatic N) is 6. The van der Waals surface area contributed by atoms with Crippen LogP contribution in [0.25, 0.3) is 0 Å². The summed E-state index contributed by atoms with van der Waals surface area (Å²) in [6.07, 6.45) is 10.4. The molecule has 0 aromatic carbocycles. The first kappa shape index (κ1) is 23.9. The van der Waals surface area contributed by atoms with Crippen LogP contribution in [0, 0.1) is 13.8 Å². The molecule has 6 rings (SSSR count). The van der Waals surface area contributed by atoms with E-state index in [2.05, 4.69) is 81.7 Å². The fourth-order valence-electron chi connectivity index (χ4n) is 6.94. The Balaban J connectivity index is 0.000000142. The Labute approximate surface area is 204 Å². The van der Waals surface area contributed by atoms with Crippen molar-refractivity contribution in [1.82, 2.24) is 40.2 Å². The Hall–Kier alpha value is -1.80. The van der Waals surface area contributed by atoms with Crippen LogP contribution in [0.5, 0.6) is 0 Å². The summed E-state index contributed by atoms with van der Waals surface area (Å²) < 4.78 is 4.80. The molecule has 2 unspecified atom stereocenters. The molecular formula is C26H44N8. The maximum absolute atomic E-state index is 4.35. The summed E-state index contributed by atoms with van der Waals surface area (Å²) in [6.45, 7) is 13.0. The van der Waals surface area contributed by atoms with Gasteiger partial charge in [-0.15, -0.1) is 20.4 Å². The van der Waals surface area contributed by atoms with Crippen molar-refractivity contribution >= 4 is 0 Å². The first-order chi connectivity index (χ1) is 16.3. The molecule has 0 amide bonds. The van der Waals surface area contributed by atoms with Gasteiger partial charge in [0.2, 0.25) is 0 Å². The van der Waals surface area contributed by atoms with Crippen molar-refractivity contribution in [1.29, 1.82) is 0 Å². The number of piperidine rings is 2. The average molecular weight is 469 g/mol. The number of aromatic nitrogens is 6. The van der Waals surface area contributed by atoms with Crippen molar-refractivity contribution in [2.45, 2.75) is 141 Å². The second-order valence-corrected chi connectivity index (χ2v) is 11.8. The van der Waals surface area contributed by atoms with E-state index in [1.165, 1.54) is 51.4 Å². The number of hydrogen-bond donors (Lipinski definition) is 2. The summed E-state index contributed by atoms with van der Waals surface area (Å²) >= 11 is 0. The highest BCUT2D eigenvalue weighted by Gasteiger charge is 2.37. The molecule has 0 radical (unpaired) electrons. The number of aryl methyl sites for hydroxylation is 2. The summed E-state index contributed by atoms with van der Waals surface area (Å²) in [5.41, 5.74) is 0. The summed E-state index contributed by atoms with van der Waals surface area (Å²) in [5.74, 6) is 5.41. The average Bonchev–Trinajstić information content (AvgIpc) is 3.55. The van der Waals surface area contributed by atoms with Gasteiger partial charge in [-0.1, -0.05) is 27.7 Å². The van der Waals surface area contributed by atoms with Crippen molar-refractivity contribution in [2.24, 2.45) is 0 Å². The Morgan fingerprint density at radius 2 is 0.912 bits per heavy atom. The largest absolute Gasteiger partial charge is 0.312 e. The molecule has 4 aliphatic rings. The lowest BCUT2D eigenvalue weighted by molar-refractivity contribution is 0.288. The van der Waals surface area contributed by atoms with E-state index in [4.69, 9.17) is 0 Å². The van der Waals surface area contributed by atoms with E-state index in [1.807, 2.05) is 0 Å². The van der Waals surface area contributed by atoms with Gasteiger partial charge in [-0.3, -0.25) is 0 Å². The highest BCUT2D eigenvalue weighted by Crippen LogP contribution is 2.37. The molecule has 188 valence electrons. The molecule has 6 atom stereocenters. The second-order valence-electron chi connectivity index (χ2n) is 11.8. The first-order valence-corrected chi connectivity index (χ1v) is 13.6. The first-order valence-electron chi connectivity index (χ1n) is 13.6. The zero-order chi connectivity index (χ0) is 24.0. The summed E-state index contributed by atoms with van der Waals surface area (Å²) in [5, 5.41) is 24.7. The summed E-state index contributed by atoms with van der Waals surface area (Å²) in [7, 11) is 0. The monoisotopic (exact) mass is 468 g/mol. The third-order valence-electron chi connectivity index (χ3n) is 8.44. The number of nitrogens with one attached hydrogen (secondary N) is 2. The molecule has 0 saturated carbocycles. The Morgan fingerprint density at radius 1 is 0.588 bits per heavy atom. The van der Waals surface area contributed by atoms with E-state index >= 15 is 0 Å². The summed E-state index contributed by atoms with van der Waals surface area (Å²) in [6, 6.07) is 4.12. The van der Waals surface area contributed by atoms with Crippen molar-refractivity contribution in [2.75, 3.05) is 0 Å². The highest BCUT2D eigenvalue weighted by molar-refractivity contribution is 5.06. The van der Waals surface area contributed by atoms with Gasteiger partial charge in [0.05, 0.1) is 0 Å². The molecule has 4 fully saturated rings. The maximum atomic E-state index is 4.35. The predicted molar refractivity (Wildman–Crippen MR) is 134 cm³/mol. The van der Waals surface area contributed by atoms with Gasteiger partial charge < -0.3 is 19.8 Å². The Kier molecular flexibility index (Phi) is 6.81. The normalized spacial score (nSPS) is 32.4. The zero-order valence-corrected chi connectivity index (χ0v) is 22.0. The topological polar surface area (TPSA) is 85.5 Å². The molecule has 0 aliphatic carbocycles. The lowest BCUT2D eigenvalue weighted by atomic mass is 9.98. The van der Waals surface area contributed by atoms with Crippen LogP contribution in [0.2, 0.25) is 0 Å². The van der Waals surface area contributed by atoms with Crippen molar-refractivity contribution in [3.8, 4) is 0 Å². The predicted octanol–water partition coefficient (Wildman–Crippen LogP) is 4.33. The van der Waals surface area contributed by atoms with Gasteiger partial charge >= 0.3 is 0 Å². The van der Waals surface area contributed by atoms with Gasteiger partial charge in [0.25, 0.3) is 0 Å². The highest BCUT2D eigenvalue weighted by atomic mass is 15.3. The van der Waals surface area contributed by atoms with Gasteiger partial charge in [0.1, 0.15) is 23.3 Å². The molecule has 34 heavy (non-hydrogen) atoms. The fraction of sp³-hybridized carbons (Fsp3) is 0.846. The van der Waals surface area contributed by atoms with Gasteiger partial charge in [0.15, 0.2) is 0 Å². The van der Waals surface area contributed by atoms with Gasteiger partial charge in [-0.25, -0.2) is 0 Å². The number of fused-ring (bicyclic) bond motifs is 4. The van der Waals surface area contributed by atoms with Crippen LogP contribution in [-0.2, 0) is 0 Å². The van der Waals surface area contributed by atoms with Crippen LogP contribution < -0.4 is 10.6 Å². The van der Waals surface area contributed by atoms with E-state index in [0.717, 1.165) is 47.5 Å². The van der Waals surface area contributed by atoms with E-state index in [9.17, 15) is 0 Å². The molecule has 8 nitrogen and oxygen atoms in total. The molecular weight excluding hydrogens is 424 g/mol. The molecule has 4 aliphatic heterocycles. The van der Waals surface area contributed by atoms with Crippen LogP contribution in [0.15, 0.2) is 0 Å². The third-order valence-corrected chi connectivity index (χ3v) is 8.44. The molecule has 0 spiro atoms. The van der Waals surface area contributed by atoms with E-state index in [0.29, 0.717) is 23.9 Å². The standard InChI is InChI=1S/2C13H22N4/c2*1-8(2)13-16-15-9(3)17(13)12-6-10-4-5-11(7-12)14-10/h2*8,10-12,14H,4-7H2,1-3H3/t2*10-,11+,12?. The molecule has 2 aromatic rings. The van der Waals surface area contributed by atoms with Crippen molar-refractivity contribution in [3.63, 3.8) is 0 Å². The summed E-state index contributed by atoms with van der Waals surface area (Å²) in [4.78, 5) is 0. The minimum absolute atomic E-state index is 0.462. The minimum Gasteiger partial charge on any atom is -0.312 e. The quantitative estimate of drug-likeness (QED) is 0.695. The lowest BCUT2D eigenvalue weighted by Crippen LogP contribution is -2.39. The van der Waals surface area contributed by atoms with E-state index in [1.54, 1.807) is 0 Å². The molecule has 2 N–H and O–H groups in total. The molecule has 4 saturated heterocycles. The fourth-order valence-corrected chi connectivity index (χ4v) is 6.94. The van der Waals surface area contributed by atoms with Crippen molar-refractivity contribution < 1.29 is 0 Å². The molecule has 4 bridgehead atoms. The van der Waals surface area contributed by atoms with Crippen LogP contribution in [-0.4, -0.2) is 53.7 Å². The lowest BCUT2D eigenvalue weighted by Gasteiger charge is -2.31. The zero-order valence-electron chi connectivity index (χ0n) is 22.0. The molecule has 6 heterocycles. The van der Waals surface area contributed by atoms with E-state index in [-0.39, 0.29) is 0 Å². The van der Waals surface area contributed by atoms with Crippen molar-refractivity contribution in [3.05, 3.63) is 23.3 Å². The molecule has 2 aromatic heterocycles. The second kappa shape index (κ2) is 9.69. The van der Waals surface area contributed by atoms with Crippen LogP contribution in [0.1, 0.15) is 126 Å².